The lowest BCUT2D eigenvalue weighted by atomic mass is 10.2. The van der Waals surface area contributed by atoms with Crippen molar-refractivity contribution >= 4 is 11.8 Å². The Morgan fingerprint density at radius 1 is 1.55 bits per heavy atom. The van der Waals surface area contributed by atoms with Gasteiger partial charge in [0.05, 0.1) is 0 Å². The molecule has 6 nitrogen and oxygen atoms in total. The van der Waals surface area contributed by atoms with Gasteiger partial charge >= 0.3 is 0 Å². The number of aromatic nitrogens is 2. The van der Waals surface area contributed by atoms with Gasteiger partial charge in [0.15, 0.2) is 0 Å². The molecule has 1 N–H and O–H groups in total. The van der Waals surface area contributed by atoms with E-state index in [9.17, 15) is 9.59 Å². The molecule has 0 aliphatic carbocycles. The van der Waals surface area contributed by atoms with E-state index in [1.807, 2.05) is 24.7 Å². The van der Waals surface area contributed by atoms with Gasteiger partial charge in [-0.05, 0) is 12.8 Å². The molecule has 1 fully saturated rings. The minimum absolute atomic E-state index is 0.0584. The Morgan fingerprint density at radius 2 is 2.35 bits per heavy atom. The average Bonchev–Trinajstić information content (AvgIpc) is 3.01. The summed E-state index contributed by atoms with van der Waals surface area (Å²) in [6.45, 7) is 3.18. The monoisotopic (exact) mass is 278 g/mol. The summed E-state index contributed by atoms with van der Waals surface area (Å²) in [4.78, 5) is 29.8. The summed E-state index contributed by atoms with van der Waals surface area (Å²) in [6.07, 6.45) is 6.40. The van der Waals surface area contributed by atoms with E-state index in [4.69, 9.17) is 0 Å². The van der Waals surface area contributed by atoms with Gasteiger partial charge in [0, 0.05) is 45.4 Å². The van der Waals surface area contributed by atoms with Gasteiger partial charge in [-0.2, -0.15) is 0 Å². The molecule has 2 rings (SSSR count). The van der Waals surface area contributed by atoms with Crippen molar-refractivity contribution in [1.29, 1.82) is 0 Å². The van der Waals surface area contributed by atoms with Crippen LogP contribution in [0.3, 0.4) is 0 Å². The van der Waals surface area contributed by atoms with Crippen LogP contribution in [0.4, 0.5) is 0 Å². The molecule has 2 amide bonds. The summed E-state index contributed by atoms with van der Waals surface area (Å²) in [7, 11) is 1.93. The van der Waals surface area contributed by atoms with E-state index in [1.165, 1.54) is 0 Å². The number of hydrogen-bond acceptors (Lipinski definition) is 3. The Balaban J connectivity index is 1.83. The summed E-state index contributed by atoms with van der Waals surface area (Å²) < 4.78 is 1.94. The van der Waals surface area contributed by atoms with Crippen LogP contribution in [0, 0.1) is 0 Å². The van der Waals surface area contributed by atoms with Gasteiger partial charge in [-0.25, -0.2) is 4.98 Å². The number of amides is 2. The third-order valence-electron chi connectivity index (χ3n) is 3.74. The number of aryl methyl sites for hydroxylation is 1. The molecule has 0 unspecified atom stereocenters. The minimum Gasteiger partial charge on any atom is -0.354 e. The van der Waals surface area contributed by atoms with Crippen molar-refractivity contribution in [2.75, 3.05) is 13.1 Å². The molecular weight excluding hydrogens is 256 g/mol. The summed E-state index contributed by atoms with van der Waals surface area (Å²) in [5, 5.41) is 2.91. The number of hydrogen-bond donors (Lipinski definition) is 1. The lowest BCUT2D eigenvalue weighted by Crippen LogP contribution is -2.47. The average molecular weight is 278 g/mol. The first-order valence-electron chi connectivity index (χ1n) is 7.17. The second-order valence-corrected chi connectivity index (χ2v) is 5.11. The highest BCUT2D eigenvalue weighted by molar-refractivity contribution is 5.88. The second kappa shape index (κ2) is 6.54. The van der Waals surface area contributed by atoms with Crippen molar-refractivity contribution in [3.63, 3.8) is 0 Å². The van der Waals surface area contributed by atoms with Gasteiger partial charge in [-0.3, -0.25) is 9.59 Å². The summed E-state index contributed by atoms with van der Waals surface area (Å²) in [6, 6.07) is -0.327. The van der Waals surface area contributed by atoms with Crippen molar-refractivity contribution in [3.8, 4) is 0 Å². The number of imidazole rings is 1. The van der Waals surface area contributed by atoms with Crippen LogP contribution in [0.2, 0.25) is 0 Å². The van der Waals surface area contributed by atoms with Crippen molar-refractivity contribution in [2.45, 2.75) is 38.6 Å². The van der Waals surface area contributed by atoms with E-state index in [1.54, 1.807) is 11.1 Å². The lowest BCUT2D eigenvalue weighted by Gasteiger charge is -2.25. The summed E-state index contributed by atoms with van der Waals surface area (Å²) in [5.41, 5.74) is 0. The lowest BCUT2D eigenvalue weighted by molar-refractivity contribution is -0.137. The van der Waals surface area contributed by atoms with Crippen molar-refractivity contribution in [1.82, 2.24) is 19.8 Å². The van der Waals surface area contributed by atoms with Gasteiger partial charge < -0.3 is 14.8 Å². The van der Waals surface area contributed by atoms with Crippen LogP contribution >= 0.6 is 0 Å². The van der Waals surface area contributed by atoms with Crippen LogP contribution in [0.1, 0.15) is 32.0 Å². The molecule has 0 radical (unpaired) electrons. The largest absolute Gasteiger partial charge is 0.354 e. The number of carbonyl (C=O) groups excluding carboxylic acids is 2. The molecule has 2 heterocycles. The quantitative estimate of drug-likeness (QED) is 0.823. The Kier molecular flexibility index (Phi) is 4.76. The normalized spacial score (nSPS) is 16.5. The summed E-state index contributed by atoms with van der Waals surface area (Å²) in [5.74, 6) is 0.976. The third-order valence-corrected chi connectivity index (χ3v) is 3.74. The first-order chi connectivity index (χ1) is 9.63. The zero-order valence-corrected chi connectivity index (χ0v) is 12.1. The predicted molar refractivity (Wildman–Crippen MR) is 74.9 cm³/mol. The Morgan fingerprint density at radius 3 is 2.90 bits per heavy atom. The van der Waals surface area contributed by atoms with E-state index >= 15 is 0 Å². The number of nitrogens with one attached hydrogen (secondary N) is 1. The Labute approximate surface area is 119 Å². The van der Waals surface area contributed by atoms with Crippen molar-refractivity contribution in [3.05, 3.63) is 18.2 Å². The van der Waals surface area contributed by atoms with Crippen molar-refractivity contribution in [2.24, 2.45) is 7.05 Å². The number of rotatable bonds is 6. The number of nitrogens with zero attached hydrogens (tertiary/aromatic N) is 3. The molecule has 0 bridgehead atoms. The maximum Gasteiger partial charge on any atom is 0.242 e. The second-order valence-electron chi connectivity index (χ2n) is 5.11. The van der Waals surface area contributed by atoms with Crippen LogP contribution < -0.4 is 5.32 Å². The van der Waals surface area contributed by atoms with Gasteiger partial charge in [0.25, 0.3) is 0 Å². The molecule has 110 valence electrons. The molecule has 1 aromatic rings. The Bertz CT molecular complexity index is 483. The molecule has 0 spiro atoms. The van der Waals surface area contributed by atoms with Crippen LogP contribution in [0.25, 0.3) is 0 Å². The molecule has 1 aliphatic rings. The fourth-order valence-electron chi connectivity index (χ4n) is 2.60. The Hall–Kier alpha value is -1.85. The minimum atomic E-state index is -0.327. The van der Waals surface area contributed by atoms with Gasteiger partial charge in [0.1, 0.15) is 11.9 Å². The molecule has 1 atom stereocenters. The van der Waals surface area contributed by atoms with Crippen LogP contribution in [-0.4, -0.2) is 45.4 Å². The van der Waals surface area contributed by atoms with E-state index in [2.05, 4.69) is 10.3 Å². The van der Waals surface area contributed by atoms with E-state index in [0.717, 1.165) is 12.2 Å². The topological polar surface area (TPSA) is 67.2 Å². The van der Waals surface area contributed by atoms with Crippen LogP contribution in [-0.2, 0) is 23.1 Å². The molecule has 20 heavy (non-hydrogen) atoms. The van der Waals surface area contributed by atoms with Gasteiger partial charge in [0.2, 0.25) is 11.8 Å². The SMILES string of the molecule is CC[C@H](C(=O)NCCc1nccn1C)N1CCCC1=O. The highest BCUT2D eigenvalue weighted by atomic mass is 16.2. The van der Waals surface area contributed by atoms with Crippen LogP contribution in [0.15, 0.2) is 12.4 Å². The maximum absolute atomic E-state index is 12.2. The first-order valence-corrected chi connectivity index (χ1v) is 7.17. The predicted octanol–water partition coefficient (Wildman–Crippen LogP) is 0.480. The standard InChI is InChI=1S/C14H22N4O2/c1-3-11(18-9-4-5-13(18)19)14(20)16-7-6-12-15-8-10-17(12)2/h8,10-11H,3-7,9H2,1-2H3,(H,16,20)/t11-/m1/s1. The highest BCUT2D eigenvalue weighted by Crippen LogP contribution is 2.15. The maximum atomic E-state index is 12.2. The molecule has 0 aromatic carbocycles. The molecule has 0 saturated carbocycles. The van der Waals surface area contributed by atoms with E-state index in [-0.39, 0.29) is 17.9 Å². The molecule has 1 aromatic heterocycles. The first kappa shape index (κ1) is 14.6. The zero-order valence-electron chi connectivity index (χ0n) is 12.1. The van der Waals surface area contributed by atoms with Gasteiger partial charge in [-0.1, -0.05) is 6.92 Å². The highest BCUT2D eigenvalue weighted by Gasteiger charge is 2.31. The summed E-state index contributed by atoms with van der Waals surface area (Å²) >= 11 is 0. The molecule has 6 heteroatoms. The molecule has 1 saturated heterocycles. The zero-order chi connectivity index (χ0) is 14.5. The van der Waals surface area contributed by atoms with Crippen LogP contribution in [0.5, 0.6) is 0 Å². The van der Waals surface area contributed by atoms with E-state index in [0.29, 0.717) is 32.4 Å². The smallest absolute Gasteiger partial charge is 0.242 e. The molecular formula is C14H22N4O2. The van der Waals surface area contributed by atoms with Crippen molar-refractivity contribution < 1.29 is 9.59 Å². The fraction of sp³-hybridized carbons (Fsp3) is 0.643. The van der Waals surface area contributed by atoms with Gasteiger partial charge in [-0.15, -0.1) is 0 Å². The number of carbonyl (C=O) groups is 2. The fourth-order valence-corrected chi connectivity index (χ4v) is 2.60. The molecule has 1 aliphatic heterocycles. The van der Waals surface area contributed by atoms with E-state index < -0.39 is 0 Å². The number of likely N-dealkylation sites (tertiary alicyclic amines) is 1. The third kappa shape index (κ3) is 3.18.